The highest BCUT2D eigenvalue weighted by Gasteiger charge is 2.09. The average molecular weight is 304 g/mol. The van der Waals surface area contributed by atoms with Crippen LogP contribution in [0.25, 0.3) is 0 Å². The summed E-state index contributed by atoms with van der Waals surface area (Å²) < 4.78 is 5.39. The Hall–Kier alpha value is -2.08. The Labute approximate surface area is 127 Å². The van der Waals surface area contributed by atoms with Crippen molar-refractivity contribution in [2.45, 2.75) is 26.0 Å². The molecule has 110 valence electrons. The molecule has 0 atom stereocenters. The van der Waals surface area contributed by atoms with Crippen molar-refractivity contribution in [3.63, 3.8) is 0 Å². The van der Waals surface area contributed by atoms with Crippen molar-refractivity contribution in [1.82, 2.24) is 4.98 Å². The maximum Gasteiger partial charge on any atom is 0.256 e. The van der Waals surface area contributed by atoms with Gasteiger partial charge in [0.1, 0.15) is 5.76 Å². The Morgan fingerprint density at radius 2 is 1.90 bits per heavy atom. The molecule has 0 aliphatic heterocycles. The molecule has 6 heteroatoms. The summed E-state index contributed by atoms with van der Waals surface area (Å²) >= 11 is 1.25. The van der Waals surface area contributed by atoms with Gasteiger partial charge in [-0.3, -0.25) is 9.59 Å². The van der Waals surface area contributed by atoms with Gasteiger partial charge in [0.15, 0.2) is 5.78 Å². The van der Waals surface area contributed by atoms with Crippen molar-refractivity contribution in [3.05, 3.63) is 41.3 Å². The number of aryl methyl sites for hydroxylation is 2. The van der Waals surface area contributed by atoms with Crippen LogP contribution in [0.15, 0.2) is 33.9 Å². The Morgan fingerprint density at radius 3 is 2.43 bits per heavy atom. The van der Waals surface area contributed by atoms with Crippen molar-refractivity contribution in [1.29, 1.82) is 0 Å². The number of rotatable bonds is 5. The minimum absolute atomic E-state index is 0.00179. The van der Waals surface area contributed by atoms with Crippen LogP contribution in [0, 0.1) is 13.8 Å². The van der Waals surface area contributed by atoms with E-state index in [0.29, 0.717) is 16.5 Å². The van der Waals surface area contributed by atoms with Crippen molar-refractivity contribution >= 4 is 29.1 Å². The van der Waals surface area contributed by atoms with Gasteiger partial charge in [-0.25, -0.2) is 4.98 Å². The van der Waals surface area contributed by atoms with E-state index in [1.54, 1.807) is 24.3 Å². The molecule has 0 aliphatic carbocycles. The highest BCUT2D eigenvalue weighted by molar-refractivity contribution is 7.99. The first-order valence-electron chi connectivity index (χ1n) is 6.43. The van der Waals surface area contributed by atoms with E-state index in [1.807, 2.05) is 13.8 Å². The fraction of sp³-hybridized carbons (Fsp3) is 0.267. The lowest BCUT2D eigenvalue weighted by molar-refractivity contribution is -0.113. The van der Waals surface area contributed by atoms with Crippen LogP contribution in [0.3, 0.4) is 0 Å². The zero-order valence-electron chi connectivity index (χ0n) is 12.1. The first kappa shape index (κ1) is 15.3. The molecule has 1 aromatic carbocycles. The minimum atomic E-state index is -0.149. The number of ketones is 1. The topological polar surface area (TPSA) is 72.2 Å². The van der Waals surface area contributed by atoms with Crippen LogP contribution in [0.5, 0.6) is 0 Å². The number of anilines is 1. The van der Waals surface area contributed by atoms with Gasteiger partial charge < -0.3 is 9.73 Å². The molecule has 5 nitrogen and oxygen atoms in total. The van der Waals surface area contributed by atoms with Crippen molar-refractivity contribution in [2.75, 3.05) is 11.1 Å². The summed E-state index contributed by atoms with van der Waals surface area (Å²) in [5.74, 6) is 0.827. The van der Waals surface area contributed by atoms with Crippen LogP contribution in [0.1, 0.15) is 28.7 Å². The van der Waals surface area contributed by atoms with Gasteiger partial charge in [0.2, 0.25) is 5.91 Å². The molecule has 0 saturated carbocycles. The SMILES string of the molecule is CC(=O)c1ccc(NC(=O)CSc2nc(C)c(C)o2)cc1. The third kappa shape index (κ3) is 4.19. The Bertz CT molecular complexity index is 643. The van der Waals surface area contributed by atoms with E-state index in [-0.39, 0.29) is 17.4 Å². The lowest BCUT2D eigenvalue weighted by Crippen LogP contribution is -2.14. The van der Waals surface area contributed by atoms with Gasteiger partial charge in [0.25, 0.3) is 5.22 Å². The number of oxazole rings is 1. The van der Waals surface area contributed by atoms with Crippen LogP contribution in [-0.4, -0.2) is 22.4 Å². The molecule has 21 heavy (non-hydrogen) atoms. The maximum atomic E-state index is 11.8. The molecular weight excluding hydrogens is 288 g/mol. The highest BCUT2D eigenvalue weighted by Crippen LogP contribution is 2.20. The summed E-state index contributed by atoms with van der Waals surface area (Å²) in [5.41, 5.74) is 2.11. The van der Waals surface area contributed by atoms with E-state index < -0.39 is 0 Å². The summed E-state index contributed by atoms with van der Waals surface area (Å²) in [6, 6.07) is 6.79. The van der Waals surface area contributed by atoms with Gasteiger partial charge in [-0.2, -0.15) is 0 Å². The zero-order chi connectivity index (χ0) is 15.4. The second-order valence-corrected chi connectivity index (χ2v) is 5.52. The molecule has 1 heterocycles. The van der Waals surface area contributed by atoms with Crippen LogP contribution in [-0.2, 0) is 4.79 Å². The average Bonchev–Trinajstić information content (AvgIpc) is 2.76. The van der Waals surface area contributed by atoms with E-state index >= 15 is 0 Å². The molecule has 1 N–H and O–H groups in total. The molecule has 0 spiro atoms. The molecule has 0 aliphatic rings. The Morgan fingerprint density at radius 1 is 1.24 bits per heavy atom. The molecule has 0 fully saturated rings. The summed E-state index contributed by atoms with van der Waals surface area (Å²) in [5, 5.41) is 3.25. The number of nitrogens with one attached hydrogen (secondary N) is 1. The van der Waals surface area contributed by atoms with Crippen LogP contribution in [0.2, 0.25) is 0 Å². The molecule has 1 aromatic heterocycles. The fourth-order valence-electron chi connectivity index (χ4n) is 1.62. The van der Waals surface area contributed by atoms with Crippen LogP contribution >= 0.6 is 11.8 Å². The second-order valence-electron chi connectivity index (χ2n) is 4.59. The van der Waals surface area contributed by atoms with Gasteiger partial charge in [-0.1, -0.05) is 11.8 Å². The van der Waals surface area contributed by atoms with Crippen LogP contribution in [0.4, 0.5) is 5.69 Å². The quantitative estimate of drug-likeness (QED) is 0.678. The minimum Gasteiger partial charge on any atom is -0.437 e. The van der Waals surface area contributed by atoms with Crippen LogP contribution < -0.4 is 5.32 Å². The van der Waals surface area contributed by atoms with E-state index in [0.717, 1.165) is 11.5 Å². The Balaban J connectivity index is 1.88. The van der Waals surface area contributed by atoms with Gasteiger partial charge in [-0.15, -0.1) is 0 Å². The van der Waals surface area contributed by atoms with Gasteiger partial charge in [0, 0.05) is 11.3 Å². The summed E-state index contributed by atoms with van der Waals surface area (Å²) in [6.07, 6.45) is 0. The monoisotopic (exact) mass is 304 g/mol. The zero-order valence-corrected chi connectivity index (χ0v) is 12.9. The predicted molar refractivity (Wildman–Crippen MR) is 81.8 cm³/mol. The van der Waals surface area contributed by atoms with Gasteiger partial charge >= 0.3 is 0 Å². The number of hydrogen-bond donors (Lipinski definition) is 1. The van der Waals surface area contributed by atoms with Crippen molar-refractivity contribution < 1.29 is 14.0 Å². The normalized spacial score (nSPS) is 10.4. The number of Topliss-reactive ketones (excluding diaryl/α,β-unsaturated/α-hetero) is 1. The van der Waals surface area contributed by atoms with E-state index in [2.05, 4.69) is 10.3 Å². The highest BCUT2D eigenvalue weighted by atomic mass is 32.2. The summed E-state index contributed by atoms with van der Waals surface area (Å²) in [4.78, 5) is 27.2. The van der Waals surface area contributed by atoms with E-state index in [9.17, 15) is 9.59 Å². The molecular formula is C15H16N2O3S. The number of carbonyl (C=O) groups is 2. The summed E-state index contributed by atoms with van der Waals surface area (Å²) in [6.45, 7) is 5.20. The second kappa shape index (κ2) is 6.58. The van der Waals surface area contributed by atoms with E-state index in [4.69, 9.17) is 4.42 Å². The van der Waals surface area contributed by atoms with E-state index in [1.165, 1.54) is 18.7 Å². The Kier molecular flexibility index (Phi) is 4.80. The molecule has 0 unspecified atom stereocenters. The predicted octanol–water partition coefficient (Wildman–Crippen LogP) is 3.22. The van der Waals surface area contributed by atoms with Gasteiger partial charge in [0.05, 0.1) is 11.4 Å². The van der Waals surface area contributed by atoms with Crippen molar-refractivity contribution in [2.24, 2.45) is 0 Å². The standard InChI is InChI=1S/C15H16N2O3S/c1-9-11(3)20-15(16-9)21-8-14(19)17-13-6-4-12(5-7-13)10(2)18/h4-7H,8H2,1-3H3,(H,17,19). The number of nitrogens with zero attached hydrogens (tertiary/aromatic N) is 1. The molecule has 0 radical (unpaired) electrons. The van der Waals surface area contributed by atoms with Crippen molar-refractivity contribution in [3.8, 4) is 0 Å². The fourth-order valence-corrected chi connectivity index (χ4v) is 2.33. The first-order valence-corrected chi connectivity index (χ1v) is 7.42. The molecule has 1 amide bonds. The maximum absolute atomic E-state index is 11.8. The smallest absolute Gasteiger partial charge is 0.256 e. The number of thioether (sulfide) groups is 1. The lowest BCUT2D eigenvalue weighted by atomic mass is 10.1. The lowest BCUT2D eigenvalue weighted by Gasteiger charge is -2.04. The number of benzene rings is 1. The molecule has 0 bridgehead atoms. The number of aromatic nitrogens is 1. The first-order chi connectivity index (χ1) is 9.95. The largest absolute Gasteiger partial charge is 0.437 e. The third-order valence-corrected chi connectivity index (χ3v) is 3.74. The summed E-state index contributed by atoms with van der Waals surface area (Å²) in [7, 11) is 0. The number of amides is 1. The van der Waals surface area contributed by atoms with Gasteiger partial charge in [-0.05, 0) is 45.0 Å². The third-order valence-electron chi connectivity index (χ3n) is 2.91. The molecule has 2 aromatic rings. The number of hydrogen-bond acceptors (Lipinski definition) is 5. The molecule has 0 saturated heterocycles. The number of carbonyl (C=O) groups excluding carboxylic acids is 2. The molecule has 2 rings (SSSR count).